The SMILES string of the molecule is CC(NC(=O)O)C(=O)NC(CO)C(=O)N(C)[C@@]1(Cc2ccc(Cl)cc2)CCCNC1. The molecule has 0 saturated carbocycles. The molecule has 1 aliphatic rings. The zero-order valence-corrected chi connectivity index (χ0v) is 17.9. The number of nitrogens with zero attached hydrogens (tertiary/aromatic N) is 1. The predicted octanol–water partition coefficient (Wildman–Crippen LogP) is 0.596. The Balaban J connectivity index is 2.17. The number of nitrogens with one attached hydrogen (secondary N) is 3. The van der Waals surface area contributed by atoms with Crippen LogP contribution in [0.5, 0.6) is 0 Å². The number of carbonyl (C=O) groups is 3. The van der Waals surface area contributed by atoms with E-state index in [9.17, 15) is 19.5 Å². The molecular weight excluding hydrogens is 412 g/mol. The highest BCUT2D eigenvalue weighted by atomic mass is 35.5. The summed E-state index contributed by atoms with van der Waals surface area (Å²) in [5.41, 5.74) is 0.485. The minimum absolute atomic E-state index is 0.439. The fourth-order valence-corrected chi connectivity index (χ4v) is 3.82. The van der Waals surface area contributed by atoms with Gasteiger partial charge in [-0.1, -0.05) is 23.7 Å². The first-order valence-electron chi connectivity index (χ1n) is 9.82. The molecule has 3 amide bonds. The van der Waals surface area contributed by atoms with Gasteiger partial charge in [0.05, 0.1) is 12.1 Å². The molecule has 9 nitrogen and oxygen atoms in total. The van der Waals surface area contributed by atoms with Crippen molar-refractivity contribution in [2.75, 3.05) is 26.7 Å². The van der Waals surface area contributed by atoms with Gasteiger partial charge in [0.2, 0.25) is 11.8 Å². The molecule has 5 N–H and O–H groups in total. The zero-order chi connectivity index (χ0) is 22.3. The maximum Gasteiger partial charge on any atom is 0.405 e. The number of halogens is 1. The van der Waals surface area contributed by atoms with E-state index in [4.69, 9.17) is 16.7 Å². The summed E-state index contributed by atoms with van der Waals surface area (Å²) in [6.07, 6.45) is 0.869. The van der Waals surface area contributed by atoms with Crippen LogP contribution in [-0.4, -0.2) is 77.4 Å². The van der Waals surface area contributed by atoms with Gasteiger partial charge in [0.25, 0.3) is 0 Å². The van der Waals surface area contributed by atoms with Crippen LogP contribution in [-0.2, 0) is 16.0 Å². The molecule has 30 heavy (non-hydrogen) atoms. The molecule has 1 aliphatic heterocycles. The van der Waals surface area contributed by atoms with Crippen molar-refractivity contribution >= 4 is 29.5 Å². The number of aliphatic hydroxyl groups excluding tert-OH is 1. The Hall–Kier alpha value is -2.36. The van der Waals surface area contributed by atoms with E-state index in [1.54, 1.807) is 24.1 Å². The van der Waals surface area contributed by atoms with Crippen molar-refractivity contribution in [1.82, 2.24) is 20.9 Å². The largest absolute Gasteiger partial charge is 0.465 e. The second-order valence-corrected chi connectivity index (χ2v) is 8.06. The lowest BCUT2D eigenvalue weighted by atomic mass is 9.82. The standard InChI is InChI=1S/C20H29ClN4O5/c1-13(23-19(29)30)17(27)24-16(11-26)18(28)25(2)20(8-3-9-22-12-20)10-14-4-6-15(21)7-5-14/h4-7,13,16,22-23,26H,3,8-12H2,1-2H3,(H,24,27)(H,29,30)/t13?,16?,20-/m1/s1. The van der Waals surface area contributed by atoms with Gasteiger partial charge in [0.15, 0.2) is 0 Å². The van der Waals surface area contributed by atoms with Crippen molar-refractivity contribution in [3.05, 3.63) is 34.9 Å². The van der Waals surface area contributed by atoms with Gasteiger partial charge in [-0.2, -0.15) is 0 Å². The van der Waals surface area contributed by atoms with Gasteiger partial charge in [-0.15, -0.1) is 0 Å². The summed E-state index contributed by atoms with van der Waals surface area (Å²) in [6, 6.07) is 5.20. The van der Waals surface area contributed by atoms with Crippen molar-refractivity contribution < 1.29 is 24.6 Å². The molecule has 0 aliphatic carbocycles. The second kappa shape index (κ2) is 10.6. The van der Waals surface area contributed by atoms with E-state index in [1.807, 2.05) is 17.4 Å². The summed E-state index contributed by atoms with van der Waals surface area (Å²) in [5, 5.41) is 26.9. The Morgan fingerprint density at radius 2 is 1.93 bits per heavy atom. The maximum atomic E-state index is 13.2. The number of carboxylic acid groups (broad SMARTS) is 1. The molecule has 0 bridgehead atoms. The zero-order valence-electron chi connectivity index (χ0n) is 17.2. The van der Waals surface area contributed by atoms with Crippen LogP contribution in [0.3, 0.4) is 0 Å². The van der Waals surface area contributed by atoms with Crippen LogP contribution in [0.4, 0.5) is 4.79 Å². The summed E-state index contributed by atoms with van der Waals surface area (Å²) < 4.78 is 0. The van der Waals surface area contributed by atoms with Gasteiger partial charge >= 0.3 is 6.09 Å². The molecule has 1 heterocycles. The summed E-state index contributed by atoms with van der Waals surface area (Å²) >= 11 is 5.98. The van der Waals surface area contributed by atoms with Gasteiger partial charge < -0.3 is 31.1 Å². The first kappa shape index (κ1) is 23.9. The average Bonchev–Trinajstić information content (AvgIpc) is 2.72. The highest BCUT2D eigenvalue weighted by Crippen LogP contribution is 2.28. The first-order valence-corrected chi connectivity index (χ1v) is 10.2. The van der Waals surface area contributed by atoms with E-state index in [1.165, 1.54) is 6.92 Å². The number of hydrogen-bond acceptors (Lipinski definition) is 5. The van der Waals surface area contributed by atoms with E-state index in [0.717, 1.165) is 24.9 Å². The lowest BCUT2D eigenvalue weighted by Crippen LogP contribution is -2.64. The molecule has 166 valence electrons. The smallest absolute Gasteiger partial charge is 0.405 e. The number of rotatable bonds is 8. The molecule has 0 radical (unpaired) electrons. The van der Waals surface area contributed by atoms with Gasteiger partial charge in [0, 0.05) is 18.6 Å². The van der Waals surface area contributed by atoms with Crippen molar-refractivity contribution in [2.24, 2.45) is 0 Å². The van der Waals surface area contributed by atoms with Gasteiger partial charge in [0.1, 0.15) is 12.1 Å². The molecule has 3 atom stereocenters. The summed E-state index contributed by atoms with van der Waals surface area (Å²) in [5.74, 6) is -1.13. The Morgan fingerprint density at radius 3 is 2.47 bits per heavy atom. The fourth-order valence-electron chi connectivity index (χ4n) is 3.69. The van der Waals surface area contributed by atoms with Crippen LogP contribution in [0.2, 0.25) is 5.02 Å². The molecule has 2 unspecified atom stereocenters. The number of carbonyl (C=O) groups excluding carboxylic acids is 2. The molecule has 1 aromatic rings. The van der Waals surface area contributed by atoms with E-state index in [0.29, 0.717) is 18.0 Å². The number of piperidine rings is 1. The van der Waals surface area contributed by atoms with E-state index >= 15 is 0 Å². The summed E-state index contributed by atoms with van der Waals surface area (Å²) in [4.78, 5) is 37.7. The third-order valence-electron chi connectivity index (χ3n) is 5.47. The normalized spacial score (nSPS) is 20.7. The molecule has 0 spiro atoms. The lowest BCUT2D eigenvalue weighted by Gasteiger charge is -2.46. The third kappa shape index (κ3) is 6.07. The molecular formula is C20H29ClN4O5. The van der Waals surface area contributed by atoms with Gasteiger partial charge in [-0.3, -0.25) is 9.59 Å². The highest BCUT2D eigenvalue weighted by Gasteiger charge is 2.41. The van der Waals surface area contributed by atoms with Crippen molar-refractivity contribution in [2.45, 2.75) is 43.8 Å². The molecule has 0 aromatic heterocycles. The van der Waals surface area contributed by atoms with E-state index in [2.05, 4.69) is 10.6 Å². The summed E-state index contributed by atoms with van der Waals surface area (Å²) in [6.45, 7) is 2.18. The number of amides is 3. The lowest BCUT2D eigenvalue weighted by molar-refractivity contribution is -0.142. The molecule has 1 saturated heterocycles. The molecule has 1 fully saturated rings. The van der Waals surface area contributed by atoms with Crippen LogP contribution in [0.25, 0.3) is 0 Å². The average molecular weight is 441 g/mol. The summed E-state index contributed by atoms with van der Waals surface area (Å²) in [7, 11) is 1.67. The van der Waals surface area contributed by atoms with Crippen LogP contribution in [0.15, 0.2) is 24.3 Å². The Labute approximate surface area is 180 Å². The van der Waals surface area contributed by atoms with Crippen LogP contribution in [0.1, 0.15) is 25.3 Å². The quantitative estimate of drug-likeness (QED) is 0.402. The minimum atomic E-state index is -1.35. The monoisotopic (exact) mass is 440 g/mol. The van der Waals surface area contributed by atoms with Gasteiger partial charge in [-0.05, 0) is 50.4 Å². The van der Waals surface area contributed by atoms with Crippen molar-refractivity contribution in [3.8, 4) is 0 Å². The first-order chi connectivity index (χ1) is 14.2. The highest BCUT2D eigenvalue weighted by molar-refractivity contribution is 6.30. The Kier molecular flexibility index (Phi) is 8.45. The van der Waals surface area contributed by atoms with Crippen molar-refractivity contribution in [3.63, 3.8) is 0 Å². The topological polar surface area (TPSA) is 131 Å². The maximum absolute atomic E-state index is 13.2. The Bertz CT molecular complexity index is 752. The van der Waals surface area contributed by atoms with Crippen LogP contribution in [0, 0.1) is 0 Å². The number of hydrogen-bond donors (Lipinski definition) is 5. The molecule has 10 heteroatoms. The van der Waals surface area contributed by atoms with E-state index in [-0.39, 0.29) is 0 Å². The van der Waals surface area contributed by atoms with E-state index < -0.39 is 42.1 Å². The predicted molar refractivity (Wildman–Crippen MR) is 112 cm³/mol. The third-order valence-corrected chi connectivity index (χ3v) is 5.72. The fraction of sp³-hybridized carbons (Fsp3) is 0.550. The van der Waals surface area contributed by atoms with Crippen LogP contribution < -0.4 is 16.0 Å². The number of likely N-dealkylation sites (N-methyl/N-ethyl adjacent to an activating group) is 1. The second-order valence-electron chi connectivity index (χ2n) is 7.62. The Morgan fingerprint density at radius 1 is 1.27 bits per heavy atom. The van der Waals surface area contributed by atoms with Crippen molar-refractivity contribution in [1.29, 1.82) is 0 Å². The number of benzene rings is 1. The molecule has 1 aromatic carbocycles. The number of aliphatic hydroxyl groups is 1. The van der Waals surface area contributed by atoms with Crippen LogP contribution >= 0.6 is 11.6 Å². The van der Waals surface area contributed by atoms with Gasteiger partial charge in [-0.25, -0.2) is 4.79 Å². The minimum Gasteiger partial charge on any atom is -0.465 e. The molecule has 2 rings (SSSR count).